The Morgan fingerprint density at radius 2 is 0.909 bits per heavy atom. The molecule has 0 atom stereocenters. The van der Waals surface area contributed by atoms with Crippen LogP contribution in [0.4, 0.5) is 17.1 Å². The van der Waals surface area contributed by atoms with Crippen molar-refractivity contribution in [3.8, 4) is 33.4 Å². The van der Waals surface area contributed by atoms with Gasteiger partial charge in [-0.05, 0) is 75.8 Å². The zero-order valence-electron chi connectivity index (χ0n) is 24.0. The summed E-state index contributed by atoms with van der Waals surface area (Å²) in [6.07, 6.45) is 3.59. The fourth-order valence-electron chi connectivity index (χ4n) is 6.03. The molecule has 8 aromatic rings. The molecule has 2 heterocycles. The molecule has 2 aromatic heterocycles. The third-order valence-electron chi connectivity index (χ3n) is 8.20. The second-order valence-corrected chi connectivity index (χ2v) is 10.9. The number of pyridine rings is 1. The number of furan rings is 1. The Balaban J connectivity index is 1.23. The summed E-state index contributed by atoms with van der Waals surface area (Å²) >= 11 is 0. The maximum Gasteiger partial charge on any atom is 0.153 e. The van der Waals surface area contributed by atoms with Gasteiger partial charge >= 0.3 is 0 Å². The van der Waals surface area contributed by atoms with Gasteiger partial charge in [0.05, 0.1) is 6.20 Å². The smallest absolute Gasteiger partial charge is 0.153 e. The standard InChI is InChI=1S/C41H28N2O/c1-3-9-29(10-4-1)30-15-19-33(20-16-30)43(35-23-24-38-39-25-26-42-28-41(39)44-40(38)27-35)34-21-17-32(18-22-34)37-14-8-7-13-36(37)31-11-5-2-6-12-31/h1-28H. The van der Waals surface area contributed by atoms with Crippen molar-refractivity contribution in [2.24, 2.45) is 0 Å². The zero-order chi connectivity index (χ0) is 29.3. The van der Waals surface area contributed by atoms with E-state index in [2.05, 4.69) is 155 Å². The Labute approximate surface area is 256 Å². The molecule has 0 radical (unpaired) electrons. The number of nitrogens with zero attached hydrogens (tertiary/aromatic N) is 2. The molecule has 0 saturated carbocycles. The fourth-order valence-corrected chi connectivity index (χ4v) is 6.03. The van der Waals surface area contributed by atoms with Crippen molar-refractivity contribution < 1.29 is 4.42 Å². The van der Waals surface area contributed by atoms with Gasteiger partial charge in [-0.25, -0.2) is 0 Å². The first-order valence-corrected chi connectivity index (χ1v) is 14.8. The summed E-state index contributed by atoms with van der Waals surface area (Å²) in [6.45, 7) is 0. The Morgan fingerprint density at radius 1 is 0.409 bits per heavy atom. The highest BCUT2D eigenvalue weighted by atomic mass is 16.3. The van der Waals surface area contributed by atoms with Crippen molar-refractivity contribution in [3.05, 3.63) is 170 Å². The van der Waals surface area contributed by atoms with E-state index in [1.54, 1.807) is 6.20 Å². The van der Waals surface area contributed by atoms with E-state index >= 15 is 0 Å². The molecule has 0 fully saturated rings. The normalized spacial score (nSPS) is 11.2. The van der Waals surface area contributed by atoms with Crippen LogP contribution in [0.3, 0.4) is 0 Å². The average Bonchev–Trinajstić information content (AvgIpc) is 3.48. The molecule has 44 heavy (non-hydrogen) atoms. The first kappa shape index (κ1) is 25.8. The number of hydrogen-bond acceptors (Lipinski definition) is 3. The first-order valence-electron chi connectivity index (χ1n) is 14.8. The van der Waals surface area contributed by atoms with Gasteiger partial charge in [-0.3, -0.25) is 4.98 Å². The van der Waals surface area contributed by atoms with E-state index in [-0.39, 0.29) is 0 Å². The van der Waals surface area contributed by atoms with E-state index in [1.807, 2.05) is 18.3 Å². The Morgan fingerprint density at radius 3 is 1.57 bits per heavy atom. The summed E-state index contributed by atoms with van der Waals surface area (Å²) in [4.78, 5) is 6.53. The quantitative estimate of drug-likeness (QED) is 0.201. The molecule has 8 rings (SSSR count). The van der Waals surface area contributed by atoms with E-state index in [1.165, 1.54) is 33.4 Å². The highest BCUT2D eigenvalue weighted by Crippen LogP contribution is 2.40. The summed E-state index contributed by atoms with van der Waals surface area (Å²) in [5.74, 6) is 0. The maximum absolute atomic E-state index is 6.23. The third-order valence-corrected chi connectivity index (χ3v) is 8.20. The zero-order valence-corrected chi connectivity index (χ0v) is 24.0. The minimum atomic E-state index is 0.792. The van der Waals surface area contributed by atoms with Crippen LogP contribution >= 0.6 is 0 Å². The van der Waals surface area contributed by atoms with Gasteiger partial charge in [0, 0.05) is 40.1 Å². The summed E-state index contributed by atoms with van der Waals surface area (Å²) < 4.78 is 6.23. The molecule has 0 aliphatic heterocycles. The highest BCUT2D eigenvalue weighted by Gasteiger charge is 2.16. The molecule has 0 N–H and O–H groups in total. The van der Waals surface area contributed by atoms with Crippen LogP contribution in [0.15, 0.2) is 175 Å². The molecule has 0 saturated heterocycles. The molecule has 0 aliphatic rings. The van der Waals surface area contributed by atoms with Gasteiger partial charge in [0.2, 0.25) is 0 Å². The Kier molecular flexibility index (Phi) is 6.47. The molecular weight excluding hydrogens is 536 g/mol. The highest BCUT2D eigenvalue weighted by molar-refractivity contribution is 6.05. The molecule has 0 spiro atoms. The van der Waals surface area contributed by atoms with Crippen LogP contribution in [0.25, 0.3) is 55.3 Å². The Hall–Kier alpha value is -5.93. The van der Waals surface area contributed by atoms with Crippen molar-refractivity contribution in [3.63, 3.8) is 0 Å². The lowest BCUT2D eigenvalue weighted by Crippen LogP contribution is -2.09. The second kappa shape index (κ2) is 11.0. The van der Waals surface area contributed by atoms with Gasteiger partial charge in [0.1, 0.15) is 5.58 Å². The van der Waals surface area contributed by atoms with Crippen LogP contribution in [0, 0.1) is 0 Å². The van der Waals surface area contributed by atoms with E-state index in [4.69, 9.17) is 4.42 Å². The minimum Gasteiger partial charge on any atom is -0.454 e. The lowest BCUT2D eigenvalue weighted by Gasteiger charge is -2.26. The van der Waals surface area contributed by atoms with Gasteiger partial charge in [0.25, 0.3) is 0 Å². The van der Waals surface area contributed by atoms with Crippen LogP contribution in [0.2, 0.25) is 0 Å². The van der Waals surface area contributed by atoms with Gasteiger partial charge in [-0.15, -0.1) is 0 Å². The maximum atomic E-state index is 6.23. The molecule has 0 bridgehead atoms. The summed E-state index contributed by atoms with van der Waals surface area (Å²) in [7, 11) is 0. The van der Waals surface area contributed by atoms with Gasteiger partial charge in [-0.2, -0.15) is 0 Å². The van der Waals surface area contributed by atoms with Crippen molar-refractivity contribution >= 4 is 39.0 Å². The van der Waals surface area contributed by atoms with Gasteiger partial charge in [-0.1, -0.05) is 109 Å². The first-order chi connectivity index (χ1) is 21.8. The van der Waals surface area contributed by atoms with Crippen LogP contribution in [0.5, 0.6) is 0 Å². The lowest BCUT2D eigenvalue weighted by atomic mass is 9.94. The summed E-state index contributed by atoms with van der Waals surface area (Å²) in [5, 5.41) is 2.15. The molecule has 208 valence electrons. The van der Waals surface area contributed by atoms with Crippen molar-refractivity contribution in [1.29, 1.82) is 0 Å². The van der Waals surface area contributed by atoms with Crippen molar-refractivity contribution in [2.75, 3.05) is 4.90 Å². The predicted molar refractivity (Wildman–Crippen MR) is 183 cm³/mol. The molecule has 3 nitrogen and oxygen atoms in total. The molecule has 6 aromatic carbocycles. The SMILES string of the molecule is c1ccc(-c2ccc(N(c3ccc(-c4ccccc4-c4ccccc4)cc3)c3ccc4c(c3)oc3cnccc34)cc2)cc1. The average molecular weight is 565 g/mol. The lowest BCUT2D eigenvalue weighted by molar-refractivity contribution is 0.667. The summed E-state index contributed by atoms with van der Waals surface area (Å²) in [5.41, 5.74) is 12.0. The van der Waals surface area contributed by atoms with E-state index in [0.717, 1.165) is 39.0 Å². The molecule has 0 aliphatic carbocycles. The van der Waals surface area contributed by atoms with Crippen molar-refractivity contribution in [2.45, 2.75) is 0 Å². The van der Waals surface area contributed by atoms with Crippen LogP contribution < -0.4 is 4.90 Å². The predicted octanol–water partition coefficient (Wildman–Crippen LogP) is 11.5. The molecule has 3 heteroatoms. The Bertz CT molecular complexity index is 2200. The summed E-state index contributed by atoms with van der Waals surface area (Å²) in [6, 6.07) is 55.7. The van der Waals surface area contributed by atoms with Crippen LogP contribution in [0.1, 0.15) is 0 Å². The second-order valence-electron chi connectivity index (χ2n) is 10.9. The molecule has 0 unspecified atom stereocenters. The number of fused-ring (bicyclic) bond motifs is 3. The topological polar surface area (TPSA) is 29.3 Å². The number of rotatable bonds is 6. The number of aromatic nitrogens is 1. The number of hydrogen-bond donors (Lipinski definition) is 0. The molecular formula is C41H28N2O. The molecule has 0 amide bonds. The number of anilines is 3. The van der Waals surface area contributed by atoms with Crippen molar-refractivity contribution in [1.82, 2.24) is 4.98 Å². The van der Waals surface area contributed by atoms with Crippen LogP contribution in [-0.2, 0) is 0 Å². The minimum absolute atomic E-state index is 0.792. The largest absolute Gasteiger partial charge is 0.454 e. The van der Waals surface area contributed by atoms with E-state index in [9.17, 15) is 0 Å². The monoisotopic (exact) mass is 564 g/mol. The fraction of sp³-hybridized carbons (Fsp3) is 0. The number of benzene rings is 6. The van der Waals surface area contributed by atoms with Gasteiger partial charge in [0.15, 0.2) is 5.58 Å². The van der Waals surface area contributed by atoms with Gasteiger partial charge < -0.3 is 9.32 Å². The third kappa shape index (κ3) is 4.71. The van der Waals surface area contributed by atoms with E-state index in [0.29, 0.717) is 0 Å². The van der Waals surface area contributed by atoms with Crippen LogP contribution in [-0.4, -0.2) is 4.98 Å². The van der Waals surface area contributed by atoms with E-state index < -0.39 is 0 Å².